The van der Waals surface area contributed by atoms with Gasteiger partial charge in [-0.15, -0.1) is 0 Å². The van der Waals surface area contributed by atoms with Crippen LogP contribution >= 0.6 is 11.8 Å². The summed E-state index contributed by atoms with van der Waals surface area (Å²) in [6.07, 6.45) is 2.10. The zero-order chi connectivity index (χ0) is 3.41. The van der Waals surface area contributed by atoms with Gasteiger partial charge in [0.15, 0.2) is 0 Å². The summed E-state index contributed by atoms with van der Waals surface area (Å²) >= 11 is 1.86. The first-order chi connectivity index (χ1) is 1.91. The maximum absolute atomic E-state index is 2.14. The average Bonchev–Trinajstić information content (AvgIpc) is 1.37. The molecule has 28 valence electrons. The van der Waals surface area contributed by atoms with E-state index in [1.54, 1.807) is 0 Å². The summed E-state index contributed by atoms with van der Waals surface area (Å²) < 4.78 is 0. The van der Waals surface area contributed by atoms with Gasteiger partial charge in [0.2, 0.25) is 0 Å². The topological polar surface area (TPSA) is 0 Å². The van der Waals surface area contributed by atoms with Gasteiger partial charge in [-0.05, 0) is 12.0 Å². The Balaban J connectivity index is -0.0000000450. The molecule has 0 atom stereocenters. The molecule has 0 aromatic carbocycles. The summed E-state index contributed by atoms with van der Waals surface area (Å²) in [5, 5.41) is 0. The Morgan fingerprint density at radius 2 is 2.00 bits per heavy atom. The van der Waals surface area contributed by atoms with Crippen molar-refractivity contribution in [2.45, 2.75) is 6.92 Å². The van der Waals surface area contributed by atoms with Crippen LogP contribution in [0.3, 0.4) is 0 Å². The molecular weight excluding hydrogens is 91.1 g/mol. The van der Waals surface area contributed by atoms with E-state index in [1.165, 1.54) is 5.75 Å². The predicted molar refractivity (Wildman–Crippen MR) is 25.2 cm³/mol. The monoisotopic (exact) mass is 100 g/mol. The van der Waals surface area contributed by atoms with Crippen LogP contribution in [0, 0.1) is 0 Å². The molecule has 0 heterocycles. The minimum absolute atomic E-state index is 0. The first kappa shape index (κ1) is 9.61. The maximum Gasteiger partial charge on any atom is 1.00 e. The zero-order valence-corrected chi connectivity index (χ0v) is 6.93. The summed E-state index contributed by atoms with van der Waals surface area (Å²) in [5.74, 6) is 1.24. The van der Waals surface area contributed by atoms with Crippen LogP contribution in [0.25, 0.3) is 0 Å². The van der Waals surface area contributed by atoms with Crippen LogP contribution in [0.5, 0.6) is 0 Å². The number of hydrogen-bond acceptors (Lipinski definition) is 1. The van der Waals surface area contributed by atoms with E-state index in [1.807, 2.05) is 11.8 Å². The predicted octanol–water partition coefficient (Wildman–Crippen LogP) is -1.51. The molecule has 5 heavy (non-hydrogen) atoms. The van der Waals surface area contributed by atoms with Gasteiger partial charge in [-0.1, -0.05) is 6.92 Å². The van der Waals surface area contributed by atoms with Crippen molar-refractivity contribution in [3.05, 3.63) is 0 Å². The smallest absolute Gasteiger partial charge is 1.00 e. The Bertz CT molecular complexity index is 12.8. The Labute approximate surface area is 61.5 Å². The molecule has 0 unspecified atom stereocenters. The van der Waals surface area contributed by atoms with Gasteiger partial charge in [-0.2, -0.15) is 11.8 Å². The van der Waals surface area contributed by atoms with Gasteiger partial charge in [0.25, 0.3) is 0 Å². The maximum atomic E-state index is 2.14. The van der Waals surface area contributed by atoms with Crippen molar-refractivity contribution in [1.29, 1.82) is 0 Å². The molecule has 0 bridgehead atoms. The van der Waals surface area contributed by atoms with E-state index in [2.05, 4.69) is 13.2 Å². The van der Waals surface area contributed by atoms with E-state index in [4.69, 9.17) is 0 Å². The summed E-state index contributed by atoms with van der Waals surface area (Å²) in [7, 11) is 0. The number of hydrogen-bond donors (Lipinski definition) is 0. The molecule has 0 aliphatic carbocycles. The Morgan fingerprint density at radius 1 is 1.80 bits per heavy atom. The van der Waals surface area contributed by atoms with Crippen molar-refractivity contribution >= 4 is 11.8 Å². The summed E-state index contributed by atoms with van der Waals surface area (Å²) in [6, 6.07) is 0. The second-order valence-corrected chi connectivity index (χ2v) is 1.73. The molecule has 0 aliphatic heterocycles. The van der Waals surface area contributed by atoms with Gasteiger partial charge in [0, 0.05) is 0 Å². The minimum atomic E-state index is 0. The van der Waals surface area contributed by atoms with Crippen molar-refractivity contribution in [2.24, 2.45) is 0 Å². The van der Waals surface area contributed by atoms with Crippen molar-refractivity contribution in [2.75, 3.05) is 12.0 Å². The third-order valence-corrected chi connectivity index (χ3v) is 0.866. The van der Waals surface area contributed by atoms with Gasteiger partial charge in [0.1, 0.15) is 0 Å². The van der Waals surface area contributed by atoms with E-state index in [-0.39, 0.29) is 31.0 Å². The van der Waals surface area contributed by atoms with Crippen LogP contribution in [0.4, 0.5) is 0 Å². The Hall–Kier alpha value is 1.35. The van der Waals surface area contributed by atoms with Crippen molar-refractivity contribution in [3.63, 3.8) is 0 Å². The zero-order valence-electron chi connectivity index (χ0n) is 5.12. The third kappa shape index (κ3) is 10.9. The molecule has 0 amide bonds. The van der Waals surface area contributed by atoms with Crippen LogP contribution < -0.4 is 29.6 Å². The minimum Gasteiger partial charge on any atom is -1.00 e. The molecule has 0 spiro atoms. The standard InChI is InChI=1S/C3H8S.Na.H/c1-3-4-2;;/h3H2,1-2H3;;/q;+1;-1. The average molecular weight is 100 g/mol. The quantitative estimate of drug-likeness (QED) is 0.361. The van der Waals surface area contributed by atoms with Crippen LogP contribution in [0.2, 0.25) is 0 Å². The summed E-state index contributed by atoms with van der Waals surface area (Å²) in [4.78, 5) is 0. The van der Waals surface area contributed by atoms with Gasteiger partial charge in [-0.25, -0.2) is 0 Å². The molecule has 0 aromatic rings. The van der Waals surface area contributed by atoms with Crippen LogP contribution in [0.1, 0.15) is 8.35 Å². The molecule has 0 fully saturated rings. The van der Waals surface area contributed by atoms with E-state index in [0.29, 0.717) is 0 Å². The second-order valence-electron chi connectivity index (χ2n) is 0.577. The van der Waals surface area contributed by atoms with Crippen LogP contribution in [0.15, 0.2) is 0 Å². The molecule has 0 rings (SSSR count). The van der Waals surface area contributed by atoms with Crippen LogP contribution in [-0.4, -0.2) is 12.0 Å². The largest absolute Gasteiger partial charge is 1.00 e. The Morgan fingerprint density at radius 3 is 2.00 bits per heavy atom. The van der Waals surface area contributed by atoms with Gasteiger partial charge >= 0.3 is 29.6 Å². The molecule has 0 nitrogen and oxygen atoms in total. The molecule has 0 radical (unpaired) electrons. The van der Waals surface area contributed by atoms with E-state index < -0.39 is 0 Å². The number of rotatable bonds is 1. The second kappa shape index (κ2) is 9.02. The fraction of sp³-hybridized carbons (Fsp3) is 1.00. The van der Waals surface area contributed by atoms with Crippen molar-refractivity contribution in [1.82, 2.24) is 0 Å². The summed E-state index contributed by atoms with van der Waals surface area (Å²) in [5.41, 5.74) is 0. The number of thioether (sulfide) groups is 1. The van der Waals surface area contributed by atoms with Gasteiger partial charge < -0.3 is 1.43 Å². The molecule has 0 saturated heterocycles. The van der Waals surface area contributed by atoms with E-state index >= 15 is 0 Å². The molecule has 0 aliphatic rings. The SMILES string of the molecule is CCSC.[H-].[Na+]. The van der Waals surface area contributed by atoms with Gasteiger partial charge in [-0.3, -0.25) is 0 Å². The molecule has 2 heteroatoms. The van der Waals surface area contributed by atoms with Crippen molar-refractivity contribution in [3.8, 4) is 0 Å². The first-order valence-electron chi connectivity index (χ1n) is 1.40. The van der Waals surface area contributed by atoms with E-state index in [0.717, 1.165) is 0 Å². The third-order valence-electron chi connectivity index (χ3n) is 0.289. The summed E-state index contributed by atoms with van der Waals surface area (Å²) in [6.45, 7) is 2.14. The fourth-order valence-electron chi connectivity index (χ4n) is 0. The van der Waals surface area contributed by atoms with E-state index in [9.17, 15) is 0 Å². The van der Waals surface area contributed by atoms with Crippen LogP contribution in [-0.2, 0) is 0 Å². The Kier molecular flexibility index (Phi) is 17.3. The first-order valence-corrected chi connectivity index (χ1v) is 2.80. The molecular formula is C3H9NaS. The van der Waals surface area contributed by atoms with Gasteiger partial charge in [0.05, 0.1) is 0 Å². The molecule has 0 saturated carbocycles. The molecule has 0 aromatic heterocycles. The normalized spacial score (nSPS) is 6.00. The molecule has 0 N–H and O–H groups in total. The van der Waals surface area contributed by atoms with Crippen molar-refractivity contribution < 1.29 is 31.0 Å². The fourth-order valence-corrected chi connectivity index (χ4v) is 0.